The molecule has 2 aliphatic heterocycles. The molecule has 2 aliphatic rings. The summed E-state index contributed by atoms with van der Waals surface area (Å²) in [6, 6.07) is 15.8. The maximum absolute atomic E-state index is 14.0. The molecule has 2 heterocycles. The Morgan fingerprint density at radius 3 is 2.57 bits per heavy atom. The molecule has 5 rings (SSSR count). The molecule has 1 fully saturated rings. The van der Waals surface area contributed by atoms with E-state index in [4.69, 9.17) is 4.74 Å². The predicted molar refractivity (Wildman–Crippen MR) is 132 cm³/mol. The molecule has 3 aromatic rings. The fourth-order valence-electron chi connectivity index (χ4n) is 4.57. The second-order valence-corrected chi connectivity index (χ2v) is 9.75. The number of halogens is 2. The lowest BCUT2D eigenvalue weighted by atomic mass is 10.0. The Morgan fingerprint density at radius 2 is 1.86 bits per heavy atom. The van der Waals surface area contributed by atoms with E-state index < -0.39 is 22.5 Å². The Balaban J connectivity index is 1.50. The summed E-state index contributed by atoms with van der Waals surface area (Å²) in [6.45, 7) is 2.37. The number of anilines is 2. The molecule has 180 valence electrons. The van der Waals surface area contributed by atoms with Gasteiger partial charge in [0.05, 0.1) is 19.3 Å². The number of rotatable bonds is 4. The highest BCUT2D eigenvalue weighted by molar-refractivity contribution is 8.01. The van der Waals surface area contributed by atoms with Crippen LogP contribution in [0.2, 0.25) is 0 Å². The van der Waals surface area contributed by atoms with Gasteiger partial charge in [0, 0.05) is 23.5 Å². The maximum atomic E-state index is 14.0. The van der Waals surface area contributed by atoms with E-state index in [-0.39, 0.29) is 12.5 Å². The van der Waals surface area contributed by atoms with E-state index >= 15 is 0 Å². The van der Waals surface area contributed by atoms with Crippen LogP contribution in [0.5, 0.6) is 5.75 Å². The minimum atomic E-state index is -1.24. The molecule has 0 radical (unpaired) electrons. The molecule has 3 amide bonds. The van der Waals surface area contributed by atoms with Crippen LogP contribution in [0.15, 0.2) is 60.7 Å². The number of carbonyl (C=O) groups is 2. The van der Waals surface area contributed by atoms with Crippen molar-refractivity contribution in [3.8, 4) is 5.75 Å². The van der Waals surface area contributed by atoms with E-state index in [2.05, 4.69) is 5.32 Å². The van der Waals surface area contributed by atoms with Gasteiger partial charge >= 0.3 is 6.03 Å². The van der Waals surface area contributed by atoms with E-state index in [1.807, 2.05) is 25.1 Å². The lowest BCUT2D eigenvalue weighted by Crippen LogP contribution is -2.51. The van der Waals surface area contributed by atoms with Crippen LogP contribution >= 0.6 is 11.8 Å². The van der Waals surface area contributed by atoms with E-state index in [0.29, 0.717) is 35.0 Å². The van der Waals surface area contributed by atoms with Gasteiger partial charge in [0.2, 0.25) is 0 Å². The molecule has 6 nitrogen and oxygen atoms in total. The van der Waals surface area contributed by atoms with Crippen molar-refractivity contribution in [2.24, 2.45) is 0 Å². The highest BCUT2D eigenvalue weighted by Crippen LogP contribution is 2.54. The van der Waals surface area contributed by atoms with Crippen LogP contribution < -0.4 is 15.0 Å². The average Bonchev–Trinajstić information content (AvgIpc) is 3.39. The topological polar surface area (TPSA) is 61.9 Å². The Kier molecular flexibility index (Phi) is 5.88. The first-order valence-corrected chi connectivity index (χ1v) is 12.1. The lowest BCUT2D eigenvalue weighted by molar-refractivity contribution is -0.123. The third-order valence-corrected chi connectivity index (χ3v) is 7.68. The molecule has 0 saturated carbocycles. The van der Waals surface area contributed by atoms with Crippen molar-refractivity contribution in [3.05, 3.63) is 89.0 Å². The van der Waals surface area contributed by atoms with Crippen LogP contribution in [0, 0.1) is 18.6 Å². The van der Waals surface area contributed by atoms with Crippen molar-refractivity contribution < 1.29 is 23.1 Å². The van der Waals surface area contributed by atoms with Crippen molar-refractivity contribution in [1.29, 1.82) is 0 Å². The summed E-state index contributed by atoms with van der Waals surface area (Å²) >= 11 is 1.40. The molecule has 0 bridgehead atoms. The third-order valence-electron chi connectivity index (χ3n) is 6.26. The molecule has 0 aliphatic carbocycles. The zero-order valence-electron chi connectivity index (χ0n) is 19.2. The molecule has 3 aromatic carbocycles. The second-order valence-electron chi connectivity index (χ2n) is 8.46. The summed E-state index contributed by atoms with van der Waals surface area (Å²) in [5.74, 6) is -0.950. The first-order valence-electron chi connectivity index (χ1n) is 11.1. The zero-order valence-corrected chi connectivity index (χ0v) is 20.0. The van der Waals surface area contributed by atoms with Crippen LogP contribution in [-0.4, -0.2) is 36.2 Å². The molecule has 1 N–H and O–H groups in total. The Labute approximate surface area is 205 Å². The number of methoxy groups -OCH3 is 1. The van der Waals surface area contributed by atoms with E-state index in [9.17, 15) is 18.4 Å². The van der Waals surface area contributed by atoms with Crippen molar-refractivity contribution >= 4 is 35.1 Å². The van der Waals surface area contributed by atoms with E-state index in [1.165, 1.54) is 17.8 Å². The number of nitrogens with one attached hydrogen (secondary N) is 1. The molecule has 0 aromatic heterocycles. The summed E-state index contributed by atoms with van der Waals surface area (Å²) < 4.78 is 32.5. The zero-order chi connectivity index (χ0) is 24.7. The minimum Gasteiger partial charge on any atom is -0.497 e. The molecular weight excluding hydrogens is 472 g/mol. The summed E-state index contributed by atoms with van der Waals surface area (Å²) in [6.07, 6.45) is 0. The van der Waals surface area contributed by atoms with Crippen LogP contribution in [0.25, 0.3) is 0 Å². The fourth-order valence-corrected chi connectivity index (χ4v) is 6.02. The van der Waals surface area contributed by atoms with Crippen molar-refractivity contribution in [2.75, 3.05) is 29.6 Å². The number of amides is 3. The summed E-state index contributed by atoms with van der Waals surface area (Å²) in [5, 5.41) is 2.89. The maximum Gasteiger partial charge on any atom is 0.323 e. The molecule has 0 unspecified atom stereocenters. The number of hydrogen-bond donors (Lipinski definition) is 1. The number of nitrogens with zero attached hydrogens (tertiary/aromatic N) is 2. The van der Waals surface area contributed by atoms with Crippen LogP contribution in [0.1, 0.15) is 16.7 Å². The van der Waals surface area contributed by atoms with Gasteiger partial charge < -0.3 is 15.0 Å². The summed E-state index contributed by atoms with van der Waals surface area (Å²) in [5.41, 5.74) is 3.36. The number of hydrogen-bond acceptors (Lipinski definition) is 4. The van der Waals surface area contributed by atoms with Crippen molar-refractivity contribution in [3.63, 3.8) is 0 Å². The number of benzene rings is 3. The van der Waals surface area contributed by atoms with Crippen molar-refractivity contribution in [2.45, 2.75) is 18.3 Å². The quantitative estimate of drug-likeness (QED) is 0.536. The predicted octanol–water partition coefficient (Wildman–Crippen LogP) is 5.26. The second kappa shape index (κ2) is 8.88. The lowest BCUT2D eigenvalue weighted by Gasteiger charge is -2.33. The largest absolute Gasteiger partial charge is 0.497 e. The van der Waals surface area contributed by atoms with Gasteiger partial charge in [-0.15, -0.1) is 11.8 Å². The Morgan fingerprint density at radius 1 is 1.09 bits per heavy atom. The average molecular weight is 496 g/mol. The van der Waals surface area contributed by atoms with E-state index in [0.717, 1.165) is 23.3 Å². The number of fused-ring (bicyclic) bond motifs is 2. The molecular formula is C26H23F2N3O3S. The summed E-state index contributed by atoms with van der Waals surface area (Å²) in [7, 11) is 1.57. The van der Waals surface area contributed by atoms with Gasteiger partial charge in [-0.3, -0.25) is 9.69 Å². The van der Waals surface area contributed by atoms with Crippen LogP contribution in [-0.2, 0) is 16.2 Å². The monoisotopic (exact) mass is 495 g/mol. The van der Waals surface area contributed by atoms with Crippen LogP contribution in [0.4, 0.5) is 25.0 Å². The molecule has 1 saturated heterocycles. The molecule has 9 heteroatoms. The van der Waals surface area contributed by atoms with Gasteiger partial charge in [-0.25, -0.2) is 13.6 Å². The van der Waals surface area contributed by atoms with Crippen LogP contribution in [0.3, 0.4) is 0 Å². The Bertz CT molecular complexity index is 1320. The highest BCUT2D eigenvalue weighted by Gasteiger charge is 2.59. The number of urea groups is 1. The van der Waals surface area contributed by atoms with Gasteiger partial charge in [0.15, 0.2) is 16.5 Å². The number of carbonyl (C=O) groups excluding carboxylic acids is 2. The van der Waals surface area contributed by atoms with Gasteiger partial charge in [-0.1, -0.05) is 23.8 Å². The third kappa shape index (κ3) is 3.89. The minimum absolute atomic E-state index is 0.0579. The van der Waals surface area contributed by atoms with Crippen molar-refractivity contribution in [1.82, 2.24) is 4.90 Å². The normalized spacial score (nSPS) is 18.8. The fraction of sp³-hybridized carbons (Fsp3) is 0.231. The van der Waals surface area contributed by atoms with E-state index in [1.54, 1.807) is 41.2 Å². The van der Waals surface area contributed by atoms with Gasteiger partial charge in [-0.05, 0) is 55.0 Å². The van der Waals surface area contributed by atoms with Gasteiger partial charge in [0.1, 0.15) is 5.75 Å². The molecule has 1 atom stereocenters. The first kappa shape index (κ1) is 23.2. The number of ether oxygens (including phenoxy) is 1. The van der Waals surface area contributed by atoms with Gasteiger partial charge in [0.25, 0.3) is 5.91 Å². The number of thioether (sulfide) groups is 1. The Hall–Kier alpha value is -3.59. The SMILES string of the molecule is COc1ccc(NC(=O)N2CCS[C@@]23C(=O)N(Cc2ccc(F)c(F)c2)c2ccc(C)cc23)cc1. The molecule has 35 heavy (non-hydrogen) atoms. The summed E-state index contributed by atoms with van der Waals surface area (Å²) in [4.78, 5) is 29.3. The first-order chi connectivity index (χ1) is 16.8. The van der Waals surface area contributed by atoms with Gasteiger partial charge in [-0.2, -0.15) is 0 Å². The number of aryl methyl sites for hydroxylation is 1. The smallest absolute Gasteiger partial charge is 0.323 e. The highest BCUT2D eigenvalue weighted by atomic mass is 32.2. The standard InChI is InChI=1S/C26H23F2N3O3S/c1-16-3-10-23-20(13-16)26(24(32)30(23)15-17-4-9-21(27)22(28)14-17)31(11-12-35-26)25(33)29-18-5-7-19(34-2)8-6-18/h3-10,13-14H,11-12,15H2,1-2H3,(H,29,33)/t26-/m0/s1. The molecule has 1 spiro atoms.